The number of benzene rings is 1. The highest BCUT2D eigenvalue weighted by Crippen LogP contribution is 2.15. The van der Waals surface area contributed by atoms with Crippen molar-refractivity contribution in [2.45, 2.75) is 5.75 Å². The molecule has 0 unspecified atom stereocenters. The third-order valence-corrected chi connectivity index (χ3v) is 2.71. The van der Waals surface area contributed by atoms with Gasteiger partial charge in [-0.2, -0.15) is 17.2 Å². The van der Waals surface area contributed by atoms with Gasteiger partial charge in [0.15, 0.2) is 0 Å². The number of rotatable bonds is 7. The summed E-state index contributed by atoms with van der Waals surface area (Å²) in [5, 5.41) is 0. The van der Waals surface area contributed by atoms with Crippen molar-refractivity contribution >= 4 is 17.7 Å². The van der Waals surface area contributed by atoms with E-state index in [4.69, 9.17) is 9.57 Å². The van der Waals surface area contributed by atoms with Crippen LogP contribution in [0.4, 0.5) is 0 Å². The van der Waals surface area contributed by atoms with E-state index < -0.39 is 0 Å². The normalized spacial score (nSPS) is 10.2. The van der Waals surface area contributed by atoms with Crippen molar-refractivity contribution in [1.29, 1.82) is 0 Å². The summed E-state index contributed by atoms with van der Waals surface area (Å²) >= 11 is 1.67. The van der Waals surface area contributed by atoms with Gasteiger partial charge in [0.05, 0.1) is 18.7 Å². The molecule has 1 aromatic rings. The molecular formula is C12H17NO3S. The summed E-state index contributed by atoms with van der Waals surface area (Å²) in [5.41, 5.74) is 4.16. The standard InChI is InChI=1S/C12H17NO3S/c1-15-8-7-13-16-12(14)11-6-4-3-5-10(11)9-17-2/h3-6,13H,7-9H2,1-2H3. The molecule has 17 heavy (non-hydrogen) atoms. The van der Waals surface area contributed by atoms with Gasteiger partial charge < -0.3 is 9.57 Å². The molecular weight excluding hydrogens is 238 g/mol. The van der Waals surface area contributed by atoms with E-state index >= 15 is 0 Å². The molecule has 0 radical (unpaired) electrons. The Morgan fingerprint density at radius 2 is 2.18 bits per heavy atom. The van der Waals surface area contributed by atoms with Crippen LogP contribution in [-0.4, -0.2) is 32.5 Å². The largest absolute Gasteiger partial charge is 0.383 e. The Labute approximate surface area is 106 Å². The number of thioether (sulfide) groups is 1. The van der Waals surface area contributed by atoms with E-state index in [9.17, 15) is 4.79 Å². The molecule has 0 saturated heterocycles. The van der Waals surface area contributed by atoms with Crippen molar-refractivity contribution in [2.75, 3.05) is 26.5 Å². The lowest BCUT2D eigenvalue weighted by Crippen LogP contribution is -2.24. The quantitative estimate of drug-likeness (QED) is 0.595. The highest BCUT2D eigenvalue weighted by molar-refractivity contribution is 7.97. The molecule has 0 aliphatic rings. The first-order valence-electron chi connectivity index (χ1n) is 5.29. The summed E-state index contributed by atoms with van der Waals surface area (Å²) in [7, 11) is 1.59. The van der Waals surface area contributed by atoms with Gasteiger partial charge in [0.1, 0.15) is 0 Å². The first-order chi connectivity index (χ1) is 8.29. The van der Waals surface area contributed by atoms with Crippen molar-refractivity contribution in [2.24, 2.45) is 0 Å². The molecule has 0 amide bonds. The van der Waals surface area contributed by atoms with Gasteiger partial charge in [-0.05, 0) is 17.9 Å². The van der Waals surface area contributed by atoms with Crippen molar-refractivity contribution in [1.82, 2.24) is 5.48 Å². The molecule has 0 atom stereocenters. The zero-order chi connectivity index (χ0) is 12.5. The molecule has 0 spiro atoms. The predicted molar refractivity (Wildman–Crippen MR) is 69.0 cm³/mol. The van der Waals surface area contributed by atoms with Crippen LogP contribution >= 0.6 is 11.8 Å². The van der Waals surface area contributed by atoms with Crippen LogP contribution in [0.25, 0.3) is 0 Å². The number of methoxy groups -OCH3 is 1. The van der Waals surface area contributed by atoms with Gasteiger partial charge in [0.2, 0.25) is 0 Å². The van der Waals surface area contributed by atoms with E-state index in [2.05, 4.69) is 5.48 Å². The van der Waals surface area contributed by atoms with E-state index in [1.165, 1.54) is 0 Å². The van der Waals surface area contributed by atoms with Crippen LogP contribution in [0, 0.1) is 0 Å². The second-order valence-electron chi connectivity index (χ2n) is 3.37. The maximum atomic E-state index is 11.8. The fourth-order valence-corrected chi connectivity index (χ4v) is 1.88. The minimum atomic E-state index is -0.356. The summed E-state index contributed by atoms with van der Waals surface area (Å²) < 4.78 is 4.83. The molecule has 1 rings (SSSR count). The minimum absolute atomic E-state index is 0.356. The SMILES string of the molecule is COCCNOC(=O)c1ccccc1CSC. The summed E-state index contributed by atoms with van der Waals surface area (Å²) in [5.74, 6) is 0.439. The number of hydroxylamine groups is 1. The third kappa shape index (κ3) is 4.77. The van der Waals surface area contributed by atoms with Crippen LogP contribution < -0.4 is 5.48 Å². The highest BCUT2D eigenvalue weighted by atomic mass is 32.2. The van der Waals surface area contributed by atoms with Gasteiger partial charge in [0, 0.05) is 12.9 Å². The Bertz CT molecular complexity index is 357. The average molecular weight is 255 g/mol. The number of carbonyl (C=O) groups excluding carboxylic acids is 1. The van der Waals surface area contributed by atoms with Crippen LogP contribution in [0.1, 0.15) is 15.9 Å². The molecule has 0 heterocycles. The van der Waals surface area contributed by atoms with E-state index in [-0.39, 0.29) is 5.97 Å². The lowest BCUT2D eigenvalue weighted by atomic mass is 10.1. The Hall–Kier alpha value is -1.04. The second kappa shape index (κ2) is 8.11. The van der Waals surface area contributed by atoms with Crippen LogP contribution in [0.15, 0.2) is 24.3 Å². The number of hydrogen-bond donors (Lipinski definition) is 1. The lowest BCUT2D eigenvalue weighted by molar-refractivity contribution is 0.0203. The van der Waals surface area contributed by atoms with Gasteiger partial charge in [-0.25, -0.2) is 4.79 Å². The molecule has 0 aliphatic heterocycles. The molecule has 1 aromatic carbocycles. The Kier molecular flexibility index (Phi) is 6.69. The Balaban J connectivity index is 2.55. The van der Waals surface area contributed by atoms with Gasteiger partial charge in [-0.15, -0.1) is 0 Å². The van der Waals surface area contributed by atoms with E-state index in [1.807, 2.05) is 24.5 Å². The smallest absolute Gasteiger partial charge is 0.357 e. The molecule has 0 bridgehead atoms. The first kappa shape index (κ1) is 14.0. The molecule has 1 N–H and O–H groups in total. The topological polar surface area (TPSA) is 47.6 Å². The number of nitrogens with one attached hydrogen (secondary N) is 1. The van der Waals surface area contributed by atoms with Crippen molar-refractivity contribution in [3.63, 3.8) is 0 Å². The van der Waals surface area contributed by atoms with E-state index in [1.54, 1.807) is 24.9 Å². The molecule has 4 nitrogen and oxygen atoms in total. The number of hydrogen-bond acceptors (Lipinski definition) is 5. The van der Waals surface area contributed by atoms with Crippen molar-refractivity contribution < 1.29 is 14.4 Å². The van der Waals surface area contributed by atoms with E-state index in [0.29, 0.717) is 18.7 Å². The first-order valence-corrected chi connectivity index (χ1v) is 6.68. The van der Waals surface area contributed by atoms with Gasteiger partial charge >= 0.3 is 5.97 Å². The minimum Gasteiger partial charge on any atom is -0.383 e. The molecule has 0 saturated carbocycles. The number of ether oxygens (including phenoxy) is 1. The fourth-order valence-electron chi connectivity index (χ4n) is 1.32. The molecule has 94 valence electrons. The summed E-state index contributed by atoms with van der Waals surface area (Å²) in [6.45, 7) is 0.979. The van der Waals surface area contributed by atoms with E-state index in [0.717, 1.165) is 11.3 Å². The summed E-state index contributed by atoms with van der Waals surface area (Å²) in [6.07, 6.45) is 2.00. The Morgan fingerprint density at radius 1 is 1.41 bits per heavy atom. The van der Waals surface area contributed by atoms with Crippen LogP contribution in [0.3, 0.4) is 0 Å². The molecule has 0 aromatic heterocycles. The maximum absolute atomic E-state index is 11.8. The van der Waals surface area contributed by atoms with Gasteiger partial charge in [-0.3, -0.25) is 0 Å². The molecule has 5 heteroatoms. The maximum Gasteiger partial charge on any atom is 0.357 e. The van der Waals surface area contributed by atoms with Crippen molar-refractivity contribution in [3.8, 4) is 0 Å². The Morgan fingerprint density at radius 3 is 2.88 bits per heavy atom. The molecule has 0 fully saturated rings. The summed E-state index contributed by atoms with van der Waals surface area (Å²) in [4.78, 5) is 16.7. The van der Waals surface area contributed by atoms with Crippen LogP contribution in [-0.2, 0) is 15.3 Å². The van der Waals surface area contributed by atoms with Gasteiger partial charge in [0.25, 0.3) is 0 Å². The second-order valence-corrected chi connectivity index (χ2v) is 4.23. The monoisotopic (exact) mass is 255 g/mol. The average Bonchev–Trinajstić information content (AvgIpc) is 2.35. The van der Waals surface area contributed by atoms with Crippen molar-refractivity contribution in [3.05, 3.63) is 35.4 Å². The van der Waals surface area contributed by atoms with Crippen LogP contribution in [0.2, 0.25) is 0 Å². The third-order valence-electron chi connectivity index (χ3n) is 2.11. The predicted octanol–water partition coefficient (Wildman–Crippen LogP) is 1.86. The van der Waals surface area contributed by atoms with Gasteiger partial charge in [-0.1, -0.05) is 18.2 Å². The van der Waals surface area contributed by atoms with Crippen LogP contribution in [0.5, 0.6) is 0 Å². The molecule has 0 aliphatic carbocycles. The zero-order valence-electron chi connectivity index (χ0n) is 10.1. The summed E-state index contributed by atoms with van der Waals surface area (Å²) in [6, 6.07) is 7.45. The fraction of sp³-hybridized carbons (Fsp3) is 0.417. The highest BCUT2D eigenvalue weighted by Gasteiger charge is 2.11. The number of carbonyl (C=O) groups is 1. The zero-order valence-corrected chi connectivity index (χ0v) is 10.9. The lowest BCUT2D eigenvalue weighted by Gasteiger charge is -2.08.